The number of benzene rings is 2. The Bertz CT molecular complexity index is 1040. The zero-order valence-corrected chi connectivity index (χ0v) is 15.7. The molecule has 0 radical (unpaired) electrons. The third-order valence-corrected chi connectivity index (χ3v) is 5.37. The molecule has 4 aromatic rings. The predicted octanol–water partition coefficient (Wildman–Crippen LogP) is 4.79. The predicted molar refractivity (Wildman–Crippen MR) is 106 cm³/mol. The maximum absolute atomic E-state index is 6.09. The molecule has 2 aromatic carbocycles. The van der Waals surface area contributed by atoms with Crippen molar-refractivity contribution in [1.29, 1.82) is 0 Å². The van der Waals surface area contributed by atoms with Crippen molar-refractivity contribution >= 4 is 34.3 Å². The molecule has 132 valence electrons. The average Bonchev–Trinajstić information content (AvgIpc) is 3.24. The van der Waals surface area contributed by atoms with Crippen molar-refractivity contribution in [3.63, 3.8) is 0 Å². The second-order valence-electron chi connectivity index (χ2n) is 5.74. The molecule has 0 fully saturated rings. The van der Waals surface area contributed by atoms with Crippen LogP contribution in [0.1, 0.15) is 0 Å². The van der Waals surface area contributed by atoms with Crippen molar-refractivity contribution < 1.29 is 4.74 Å². The number of hydrogen-bond donors (Lipinski definition) is 1. The first-order valence-corrected chi connectivity index (χ1v) is 9.56. The largest absolute Gasteiger partial charge is 0.491 e. The number of para-hydroxylation sites is 2. The van der Waals surface area contributed by atoms with Gasteiger partial charge in [0.25, 0.3) is 0 Å². The Hall–Kier alpha value is -2.44. The molecular weight excluding hydrogens is 368 g/mol. The van der Waals surface area contributed by atoms with Crippen LogP contribution in [0.5, 0.6) is 5.75 Å². The van der Waals surface area contributed by atoms with Crippen LogP contribution in [-0.4, -0.2) is 32.1 Å². The van der Waals surface area contributed by atoms with Gasteiger partial charge in [0.2, 0.25) is 0 Å². The molecule has 0 saturated carbocycles. The fraction of sp³-hybridized carbons (Fsp3) is 0.158. The maximum atomic E-state index is 6.09. The van der Waals surface area contributed by atoms with E-state index in [1.807, 2.05) is 54.2 Å². The van der Waals surface area contributed by atoms with Gasteiger partial charge in [-0.1, -0.05) is 53.7 Å². The molecule has 0 saturated heterocycles. The van der Waals surface area contributed by atoms with Gasteiger partial charge in [-0.05, 0) is 18.2 Å². The van der Waals surface area contributed by atoms with Crippen LogP contribution in [-0.2, 0) is 7.05 Å². The van der Waals surface area contributed by atoms with Crippen LogP contribution in [0.25, 0.3) is 22.3 Å². The number of ether oxygens (including phenoxy) is 1. The van der Waals surface area contributed by atoms with Crippen molar-refractivity contribution in [2.75, 3.05) is 12.4 Å². The summed E-state index contributed by atoms with van der Waals surface area (Å²) >= 11 is 7.70. The molecule has 2 heterocycles. The molecule has 2 aromatic heterocycles. The van der Waals surface area contributed by atoms with Gasteiger partial charge in [-0.3, -0.25) is 0 Å². The van der Waals surface area contributed by atoms with Gasteiger partial charge in [-0.2, -0.15) is 0 Å². The molecule has 26 heavy (non-hydrogen) atoms. The molecular formula is C19H17ClN4OS. The quantitative estimate of drug-likeness (QED) is 0.383. The Labute approximate surface area is 160 Å². The normalized spacial score (nSPS) is 11.2. The van der Waals surface area contributed by atoms with Crippen molar-refractivity contribution in [2.45, 2.75) is 5.16 Å². The number of aromatic nitrogens is 4. The van der Waals surface area contributed by atoms with Gasteiger partial charge in [0.15, 0.2) is 11.0 Å². The van der Waals surface area contributed by atoms with Crippen LogP contribution in [0.2, 0.25) is 5.02 Å². The summed E-state index contributed by atoms with van der Waals surface area (Å²) in [5.74, 6) is 2.30. The first kappa shape index (κ1) is 17.0. The van der Waals surface area contributed by atoms with Crippen LogP contribution in [0, 0.1) is 0 Å². The van der Waals surface area contributed by atoms with Crippen LogP contribution < -0.4 is 4.74 Å². The summed E-state index contributed by atoms with van der Waals surface area (Å²) in [5, 5.41) is 11.3. The standard InChI is InChI=1S/C19H17ClN4OS/c1-24-18(14-12-21-16-8-4-2-6-13(14)16)22-23-19(24)26-11-10-25-17-9-5-3-7-15(17)20/h2-9,12,21H,10-11H2,1H3. The lowest BCUT2D eigenvalue weighted by Gasteiger charge is -2.07. The first-order chi connectivity index (χ1) is 12.7. The summed E-state index contributed by atoms with van der Waals surface area (Å²) in [6, 6.07) is 15.7. The summed E-state index contributed by atoms with van der Waals surface area (Å²) in [6.45, 7) is 0.545. The van der Waals surface area contributed by atoms with Gasteiger partial charge in [0.1, 0.15) is 5.75 Å². The fourth-order valence-corrected chi connectivity index (χ4v) is 3.70. The third-order valence-electron chi connectivity index (χ3n) is 4.07. The van der Waals surface area contributed by atoms with Gasteiger partial charge in [0.05, 0.1) is 11.6 Å². The lowest BCUT2D eigenvalue weighted by Crippen LogP contribution is -2.02. The van der Waals surface area contributed by atoms with Crippen LogP contribution in [0.15, 0.2) is 59.9 Å². The number of H-pyrrole nitrogens is 1. The fourth-order valence-electron chi connectivity index (χ4n) is 2.78. The molecule has 4 rings (SSSR count). The van der Waals surface area contributed by atoms with E-state index in [4.69, 9.17) is 16.3 Å². The van der Waals surface area contributed by atoms with Gasteiger partial charge in [-0.15, -0.1) is 10.2 Å². The molecule has 0 aliphatic rings. The van der Waals surface area contributed by atoms with E-state index in [2.05, 4.69) is 27.3 Å². The minimum Gasteiger partial charge on any atom is -0.491 e. The van der Waals surface area contributed by atoms with Gasteiger partial charge in [0, 0.05) is 35.5 Å². The van der Waals surface area contributed by atoms with Crippen molar-refractivity contribution in [1.82, 2.24) is 19.7 Å². The van der Waals surface area contributed by atoms with Crippen LogP contribution in [0.4, 0.5) is 0 Å². The lowest BCUT2D eigenvalue weighted by atomic mass is 10.1. The van der Waals surface area contributed by atoms with E-state index in [1.165, 1.54) is 0 Å². The van der Waals surface area contributed by atoms with E-state index < -0.39 is 0 Å². The summed E-state index contributed by atoms with van der Waals surface area (Å²) in [6.07, 6.45) is 1.98. The van der Waals surface area contributed by atoms with Crippen LogP contribution >= 0.6 is 23.4 Å². The number of hydrogen-bond acceptors (Lipinski definition) is 4. The van der Waals surface area contributed by atoms with Gasteiger partial charge >= 0.3 is 0 Å². The monoisotopic (exact) mass is 384 g/mol. The van der Waals surface area contributed by atoms with Crippen molar-refractivity contribution in [2.24, 2.45) is 7.05 Å². The highest BCUT2D eigenvalue weighted by molar-refractivity contribution is 7.99. The summed E-state index contributed by atoms with van der Waals surface area (Å²) in [7, 11) is 1.98. The van der Waals surface area contributed by atoms with E-state index in [0.29, 0.717) is 17.4 Å². The molecule has 0 amide bonds. The van der Waals surface area contributed by atoms with Crippen molar-refractivity contribution in [3.05, 3.63) is 59.8 Å². The summed E-state index contributed by atoms with van der Waals surface area (Å²) in [5.41, 5.74) is 2.14. The zero-order valence-electron chi connectivity index (χ0n) is 14.1. The van der Waals surface area contributed by atoms with E-state index in [-0.39, 0.29) is 0 Å². The molecule has 0 unspecified atom stereocenters. The number of nitrogens with one attached hydrogen (secondary N) is 1. The Morgan fingerprint density at radius 2 is 1.92 bits per heavy atom. The number of nitrogens with zero attached hydrogens (tertiary/aromatic N) is 3. The second kappa shape index (κ2) is 7.43. The third kappa shape index (κ3) is 3.30. The highest BCUT2D eigenvalue weighted by atomic mass is 35.5. The van der Waals surface area contributed by atoms with Crippen molar-refractivity contribution in [3.8, 4) is 17.1 Å². The number of rotatable bonds is 6. The van der Waals surface area contributed by atoms with Crippen LogP contribution in [0.3, 0.4) is 0 Å². The molecule has 5 nitrogen and oxygen atoms in total. The number of thioether (sulfide) groups is 1. The van der Waals surface area contributed by atoms with E-state index in [0.717, 1.165) is 33.2 Å². The maximum Gasteiger partial charge on any atom is 0.191 e. The topological polar surface area (TPSA) is 55.7 Å². The number of fused-ring (bicyclic) bond motifs is 1. The number of halogens is 1. The zero-order chi connectivity index (χ0) is 17.9. The summed E-state index contributed by atoms with van der Waals surface area (Å²) in [4.78, 5) is 3.28. The average molecular weight is 385 g/mol. The Kier molecular flexibility index (Phi) is 4.86. The smallest absolute Gasteiger partial charge is 0.191 e. The Balaban J connectivity index is 1.44. The second-order valence-corrected chi connectivity index (χ2v) is 7.21. The minimum absolute atomic E-state index is 0.545. The molecule has 0 atom stereocenters. The number of aromatic amines is 1. The first-order valence-electron chi connectivity index (χ1n) is 8.20. The molecule has 0 aliphatic carbocycles. The Morgan fingerprint density at radius 1 is 1.12 bits per heavy atom. The summed E-state index contributed by atoms with van der Waals surface area (Å²) < 4.78 is 7.73. The highest BCUT2D eigenvalue weighted by Crippen LogP contribution is 2.29. The molecule has 0 bridgehead atoms. The SMILES string of the molecule is Cn1c(SCCOc2ccccc2Cl)nnc1-c1c[nH]c2ccccc12. The molecule has 1 N–H and O–H groups in total. The van der Waals surface area contributed by atoms with E-state index in [9.17, 15) is 0 Å². The molecule has 7 heteroatoms. The minimum atomic E-state index is 0.545. The lowest BCUT2D eigenvalue weighted by molar-refractivity contribution is 0.344. The molecule has 0 spiro atoms. The van der Waals surface area contributed by atoms with E-state index >= 15 is 0 Å². The highest BCUT2D eigenvalue weighted by Gasteiger charge is 2.14. The molecule has 0 aliphatic heterocycles. The Morgan fingerprint density at radius 3 is 2.81 bits per heavy atom. The van der Waals surface area contributed by atoms with Gasteiger partial charge in [-0.25, -0.2) is 0 Å². The van der Waals surface area contributed by atoms with Gasteiger partial charge < -0.3 is 14.3 Å². The van der Waals surface area contributed by atoms with E-state index in [1.54, 1.807) is 11.8 Å².